The van der Waals surface area contributed by atoms with Crippen molar-refractivity contribution in [2.24, 2.45) is 0 Å². The highest BCUT2D eigenvalue weighted by Gasteiger charge is 2.11. The van der Waals surface area contributed by atoms with Crippen LogP contribution in [-0.4, -0.2) is 31.6 Å². The van der Waals surface area contributed by atoms with Gasteiger partial charge in [-0.2, -0.15) is 0 Å². The van der Waals surface area contributed by atoms with E-state index >= 15 is 0 Å². The summed E-state index contributed by atoms with van der Waals surface area (Å²) in [6, 6.07) is 32.8. The predicted molar refractivity (Wildman–Crippen MR) is 195 cm³/mol. The average Bonchev–Trinajstić information content (AvgIpc) is 2.95. The van der Waals surface area contributed by atoms with Crippen molar-refractivity contribution < 1.29 is 0 Å². The predicted octanol–water partition coefficient (Wildman–Crippen LogP) is 10.3. The largest absolute Gasteiger partial charge is 0.380 e. The van der Waals surface area contributed by atoms with Crippen LogP contribution in [0.3, 0.4) is 0 Å². The maximum atomic E-state index is 4.55. The molecule has 6 heteroatoms. The number of nitrogens with one attached hydrogen (secondary N) is 3. The maximum Gasteiger partial charge on any atom is 0.127 e. The van der Waals surface area contributed by atoms with E-state index in [9.17, 15) is 0 Å². The third kappa shape index (κ3) is 11.1. The molecule has 234 valence electrons. The van der Waals surface area contributed by atoms with Gasteiger partial charge in [0.15, 0.2) is 0 Å². The summed E-state index contributed by atoms with van der Waals surface area (Å²) in [5, 5.41) is 13.7. The summed E-state index contributed by atoms with van der Waals surface area (Å²) < 4.78 is 0. The summed E-state index contributed by atoms with van der Waals surface area (Å²) in [6.45, 7) is 19.3. The smallest absolute Gasteiger partial charge is 0.127 e. The van der Waals surface area contributed by atoms with Crippen LogP contribution in [-0.2, 0) is 0 Å². The van der Waals surface area contributed by atoms with Crippen LogP contribution in [0.25, 0.3) is 32.7 Å². The van der Waals surface area contributed by atoms with Gasteiger partial charge >= 0.3 is 0 Å². The quantitative estimate of drug-likeness (QED) is 0.188. The Morgan fingerprint density at radius 2 is 0.978 bits per heavy atom. The summed E-state index contributed by atoms with van der Waals surface area (Å²) in [5.74, 6) is 0.932. The number of rotatable bonds is 3. The second kappa shape index (κ2) is 13.9. The van der Waals surface area contributed by atoms with Crippen LogP contribution in [0.15, 0.2) is 109 Å². The molecule has 3 aromatic carbocycles. The molecule has 45 heavy (non-hydrogen) atoms. The molecule has 3 heterocycles. The zero-order valence-electron chi connectivity index (χ0n) is 28.2. The van der Waals surface area contributed by atoms with E-state index in [1.807, 2.05) is 67.0 Å². The van der Waals surface area contributed by atoms with E-state index in [-0.39, 0.29) is 16.6 Å². The number of hydrogen-bond acceptors (Lipinski definition) is 6. The van der Waals surface area contributed by atoms with Crippen LogP contribution in [0.2, 0.25) is 0 Å². The molecule has 0 aliphatic heterocycles. The van der Waals surface area contributed by atoms with Crippen molar-refractivity contribution in [2.45, 2.75) is 78.9 Å². The van der Waals surface area contributed by atoms with Gasteiger partial charge in [0.2, 0.25) is 0 Å². The van der Waals surface area contributed by atoms with E-state index in [1.54, 1.807) is 0 Å². The molecule has 0 saturated heterocycles. The topological polar surface area (TPSA) is 74.8 Å². The molecule has 6 rings (SSSR count). The van der Waals surface area contributed by atoms with Gasteiger partial charge in [-0.3, -0.25) is 9.97 Å². The van der Waals surface area contributed by atoms with E-state index in [2.05, 4.69) is 136 Å². The Morgan fingerprint density at radius 1 is 0.444 bits per heavy atom. The van der Waals surface area contributed by atoms with Crippen molar-refractivity contribution in [1.82, 2.24) is 15.0 Å². The van der Waals surface area contributed by atoms with Gasteiger partial charge in [-0.05, 0) is 117 Å². The lowest BCUT2D eigenvalue weighted by Crippen LogP contribution is -2.26. The molecular formula is C39H48N6. The van der Waals surface area contributed by atoms with Crippen molar-refractivity contribution >= 4 is 49.9 Å². The van der Waals surface area contributed by atoms with Crippen LogP contribution in [0.1, 0.15) is 62.3 Å². The van der Waals surface area contributed by atoms with E-state index in [1.165, 1.54) is 16.2 Å². The number of benzene rings is 3. The lowest BCUT2D eigenvalue weighted by molar-refractivity contribution is 0.631. The summed E-state index contributed by atoms with van der Waals surface area (Å²) in [6.07, 6.45) is 3.70. The SMILES string of the molecule is CC(C)(C)Nc1ccc2ccccc2n1.CC(C)(C)Nc1ccc2ncccc2c1.CC(C)(C)Nc1cnc2ccccc2c1. The van der Waals surface area contributed by atoms with Gasteiger partial charge < -0.3 is 16.0 Å². The van der Waals surface area contributed by atoms with E-state index in [0.29, 0.717) is 0 Å². The zero-order valence-corrected chi connectivity index (χ0v) is 28.2. The van der Waals surface area contributed by atoms with Gasteiger partial charge in [-0.15, -0.1) is 0 Å². The third-order valence-electron chi connectivity index (χ3n) is 6.33. The number of fused-ring (bicyclic) bond motifs is 3. The molecule has 0 aliphatic carbocycles. The van der Waals surface area contributed by atoms with Crippen LogP contribution in [0.5, 0.6) is 0 Å². The molecular weight excluding hydrogens is 552 g/mol. The van der Waals surface area contributed by atoms with Gasteiger partial charge in [-0.25, -0.2) is 4.98 Å². The van der Waals surface area contributed by atoms with Gasteiger partial charge in [-0.1, -0.05) is 42.5 Å². The summed E-state index contributed by atoms with van der Waals surface area (Å²) in [7, 11) is 0. The molecule has 3 N–H and O–H groups in total. The Labute approximate surface area is 268 Å². The van der Waals surface area contributed by atoms with E-state index in [0.717, 1.165) is 33.7 Å². The number of pyridine rings is 3. The van der Waals surface area contributed by atoms with Gasteiger partial charge in [0, 0.05) is 44.7 Å². The number of nitrogens with zero attached hydrogens (tertiary/aromatic N) is 3. The van der Waals surface area contributed by atoms with Crippen LogP contribution < -0.4 is 16.0 Å². The van der Waals surface area contributed by atoms with Crippen molar-refractivity contribution in [3.8, 4) is 0 Å². The van der Waals surface area contributed by atoms with Crippen molar-refractivity contribution in [3.63, 3.8) is 0 Å². The first kappa shape index (κ1) is 33.2. The summed E-state index contributed by atoms with van der Waals surface area (Å²) in [5.41, 5.74) is 5.54. The lowest BCUT2D eigenvalue weighted by Gasteiger charge is -2.22. The number of anilines is 3. The van der Waals surface area contributed by atoms with Crippen molar-refractivity contribution in [3.05, 3.63) is 109 Å². The Bertz CT molecular complexity index is 1620. The fraction of sp³-hybridized carbons (Fsp3) is 0.308. The van der Waals surface area contributed by atoms with Crippen molar-refractivity contribution in [1.29, 1.82) is 0 Å². The molecule has 0 spiro atoms. The van der Waals surface area contributed by atoms with Crippen LogP contribution in [0.4, 0.5) is 17.2 Å². The third-order valence-corrected chi connectivity index (χ3v) is 6.33. The molecule has 0 radical (unpaired) electrons. The fourth-order valence-electron chi connectivity index (χ4n) is 4.68. The molecule has 0 fully saturated rings. The minimum Gasteiger partial charge on any atom is -0.380 e. The van der Waals surface area contributed by atoms with E-state index < -0.39 is 0 Å². The molecule has 0 saturated carbocycles. The first-order valence-electron chi connectivity index (χ1n) is 15.5. The second-order valence-corrected chi connectivity index (χ2v) is 14.3. The lowest BCUT2D eigenvalue weighted by atomic mass is 10.1. The number of aromatic nitrogens is 3. The normalized spacial score (nSPS) is 11.7. The maximum absolute atomic E-state index is 4.55. The standard InChI is InChI=1S/3C13H16N2/c1-13(2,3)15-11-6-7-12-10(9-11)5-4-8-14-12;1-13(2,3)15-11-8-10-6-4-5-7-12(10)14-9-11;1-13(2,3)15-12-9-8-10-6-4-5-7-11(10)14-12/h2*4-9,15H,1-3H3;4-9H,1-3H3,(H,14,15). The second-order valence-electron chi connectivity index (χ2n) is 14.3. The molecule has 6 nitrogen and oxygen atoms in total. The first-order chi connectivity index (χ1) is 21.1. The summed E-state index contributed by atoms with van der Waals surface area (Å²) in [4.78, 5) is 13.2. The Hall–Kier alpha value is -4.71. The molecule has 0 unspecified atom stereocenters. The van der Waals surface area contributed by atoms with Gasteiger partial charge in [0.1, 0.15) is 5.82 Å². The minimum atomic E-state index is 0.0510. The Kier molecular flexibility index (Phi) is 10.3. The van der Waals surface area contributed by atoms with Gasteiger partial charge in [0.25, 0.3) is 0 Å². The molecule has 0 aliphatic rings. The fourth-order valence-corrected chi connectivity index (χ4v) is 4.68. The molecule has 6 aromatic rings. The number of para-hydroxylation sites is 2. The van der Waals surface area contributed by atoms with Gasteiger partial charge in [0.05, 0.1) is 28.4 Å². The average molecular weight is 601 g/mol. The van der Waals surface area contributed by atoms with E-state index in [4.69, 9.17) is 0 Å². The van der Waals surface area contributed by atoms with Crippen LogP contribution in [0, 0.1) is 0 Å². The first-order valence-corrected chi connectivity index (χ1v) is 15.5. The molecule has 3 aromatic heterocycles. The molecule has 0 atom stereocenters. The van der Waals surface area contributed by atoms with Crippen molar-refractivity contribution in [2.75, 3.05) is 16.0 Å². The highest BCUT2D eigenvalue weighted by atomic mass is 15.0. The Morgan fingerprint density at radius 3 is 1.64 bits per heavy atom. The minimum absolute atomic E-state index is 0.0510. The number of hydrogen-bond donors (Lipinski definition) is 3. The molecule has 0 amide bonds. The Balaban J connectivity index is 0.000000154. The highest BCUT2D eigenvalue weighted by molar-refractivity contribution is 5.83. The van der Waals surface area contributed by atoms with Crippen LogP contribution >= 0.6 is 0 Å². The molecule has 0 bridgehead atoms. The highest BCUT2D eigenvalue weighted by Crippen LogP contribution is 2.21. The zero-order chi connectivity index (χ0) is 32.7. The monoisotopic (exact) mass is 600 g/mol. The summed E-state index contributed by atoms with van der Waals surface area (Å²) >= 11 is 0.